The van der Waals surface area contributed by atoms with Crippen molar-refractivity contribution in [2.45, 2.75) is 41.5 Å². The van der Waals surface area contributed by atoms with Crippen molar-refractivity contribution in [1.29, 1.82) is 0 Å². The maximum atomic E-state index is 12.6. The number of benzene rings is 2. The molecular formula is C26H32N4O3S. The van der Waals surface area contributed by atoms with Gasteiger partial charge in [0.2, 0.25) is 10.0 Å². The molecule has 1 N–H and O–H groups in total. The number of nitrogens with one attached hydrogen (secondary N) is 1. The Bertz CT molecular complexity index is 1350. The topological polar surface area (TPSA) is 83.8 Å². The van der Waals surface area contributed by atoms with Crippen LogP contribution in [-0.2, 0) is 14.8 Å². The van der Waals surface area contributed by atoms with Gasteiger partial charge in [0, 0.05) is 22.6 Å². The van der Waals surface area contributed by atoms with E-state index in [1.807, 2.05) is 39.8 Å². The number of hydrogen-bond acceptors (Lipinski definition) is 4. The molecule has 0 aliphatic rings. The summed E-state index contributed by atoms with van der Waals surface area (Å²) in [5.41, 5.74) is 11.1. The first-order valence-electron chi connectivity index (χ1n) is 11.0. The van der Waals surface area contributed by atoms with Crippen molar-refractivity contribution < 1.29 is 13.2 Å². The molecule has 0 saturated heterocycles. The van der Waals surface area contributed by atoms with Gasteiger partial charge in [-0.25, -0.2) is 13.8 Å². The molecule has 0 bridgehead atoms. The van der Waals surface area contributed by atoms with Crippen LogP contribution in [0.25, 0.3) is 5.69 Å². The fourth-order valence-electron chi connectivity index (χ4n) is 4.18. The molecule has 1 aromatic heterocycles. The molecule has 34 heavy (non-hydrogen) atoms. The van der Waals surface area contributed by atoms with Crippen LogP contribution in [0.4, 0.5) is 5.69 Å². The van der Waals surface area contributed by atoms with Gasteiger partial charge in [0.05, 0.1) is 18.2 Å². The van der Waals surface area contributed by atoms with Crippen LogP contribution in [0, 0.1) is 41.5 Å². The van der Waals surface area contributed by atoms with Crippen LogP contribution in [0.3, 0.4) is 0 Å². The summed E-state index contributed by atoms with van der Waals surface area (Å²) in [5, 5.41) is 4.09. The highest BCUT2D eigenvalue weighted by molar-refractivity contribution is 7.92. The number of nitrogens with zero attached hydrogens (tertiary/aromatic N) is 3. The second-order valence-electron chi connectivity index (χ2n) is 8.86. The second-order valence-corrected chi connectivity index (χ2v) is 10.8. The van der Waals surface area contributed by atoms with E-state index in [4.69, 9.17) is 0 Å². The van der Waals surface area contributed by atoms with Gasteiger partial charge in [0.1, 0.15) is 6.54 Å². The normalized spacial score (nSPS) is 11.7. The van der Waals surface area contributed by atoms with Crippen molar-refractivity contribution in [1.82, 2.24) is 9.99 Å². The Labute approximate surface area is 202 Å². The minimum absolute atomic E-state index is 0.360. The van der Waals surface area contributed by atoms with E-state index in [2.05, 4.69) is 47.1 Å². The van der Waals surface area contributed by atoms with Gasteiger partial charge in [-0.05, 0) is 82.5 Å². The molecule has 0 spiro atoms. The Balaban J connectivity index is 1.78. The van der Waals surface area contributed by atoms with Gasteiger partial charge >= 0.3 is 0 Å². The van der Waals surface area contributed by atoms with Crippen LogP contribution in [-0.4, -0.2) is 37.9 Å². The molecule has 1 amide bonds. The Hall–Kier alpha value is -3.39. The van der Waals surface area contributed by atoms with E-state index in [0.717, 1.165) is 44.3 Å². The van der Waals surface area contributed by atoms with Crippen molar-refractivity contribution in [3.8, 4) is 5.69 Å². The predicted molar refractivity (Wildman–Crippen MR) is 139 cm³/mol. The Morgan fingerprint density at radius 3 is 2.21 bits per heavy atom. The number of sulfonamides is 1. The van der Waals surface area contributed by atoms with E-state index in [1.165, 1.54) is 11.1 Å². The van der Waals surface area contributed by atoms with Crippen molar-refractivity contribution in [2.24, 2.45) is 5.10 Å². The number of carbonyl (C=O) groups is 1. The third-order valence-electron chi connectivity index (χ3n) is 5.64. The van der Waals surface area contributed by atoms with Crippen LogP contribution in [0.1, 0.15) is 39.2 Å². The molecule has 0 saturated carbocycles. The molecule has 7 nitrogen and oxygen atoms in total. The summed E-state index contributed by atoms with van der Waals surface area (Å²) in [6.45, 7) is 11.6. The SMILES string of the molecule is Cc1cc(C)cc(N(CC(=O)N/N=C\c2cc(C)n(-c3ccc(C)cc3C)c2C)S(C)(=O)=O)c1. The highest BCUT2D eigenvalue weighted by Crippen LogP contribution is 2.23. The number of hydrazone groups is 1. The third kappa shape index (κ3) is 5.75. The van der Waals surface area contributed by atoms with Crippen LogP contribution < -0.4 is 9.73 Å². The van der Waals surface area contributed by atoms with E-state index >= 15 is 0 Å². The van der Waals surface area contributed by atoms with E-state index in [9.17, 15) is 13.2 Å². The predicted octanol–water partition coefficient (Wildman–Crippen LogP) is 4.24. The summed E-state index contributed by atoms with van der Waals surface area (Å²) in [6, 6.07) is 13.8. The zero-order valence-electron chi connectivity index (χ0n) is 20.8. The van der Waals surface area contributed by atoms with Gasteiger partial charge < -0.3 is 4.57 Å². The molecule has 1 heterocycles. The van der Waals surface area contributed by atoms with Crippen molar-refractivity contribution in [3.63, 3.8) is 0 Å². The molecule has 2 aromatic carbocycles. The lowest BCUT2D eigenvalue weighted by Gasteiger charge is -2.22. The Morgan fingerprint density at radius 1 is 0.971 bits per heavy atom. The average molecular weight is 481 g/mol. The maximum absolute atomic E-state index is 12.6. The summed E-state index contributed by atoms with van der Waals surface area (Å²) in [5.74, 6) is -0.524. The van der Waals surface area contributed by atoms with E-state index in [1.54, 1.807) is 18.3 Å². The number of anilines is 1. The fraction of sp³-hybridized carbons (Fsp3) is 0.308. The maximum Gasteiger partial charge on any atom is 0.260 e. The smallest absolute Gasteiger partial charge is 0.260 e. The minimum atomic E-state index is -3.65. The first-order valence-corrected chi connectivity index (χ1v) is 12.9. The quantitative estimate of drug-likeness (QED) is 0.405. The minimum Gasteiger partial charge on any atom is -0.318 e. The van der Waals surface area contributed by atoms with Gasteiger partial charge in [-0.2, -0.15) is 5.10 Å². The molecule has 0 aliphatic carbocycles. The number of aryl methyl sites for hydroxylation is 5. The van der Waals surface area contributed by atoms with Gasteiger partial charge in [0.15, 0.2) is 0 Å². The number of aromatic nitrogens is 1. The molecule has 180 valence electrons. The summed E-state index contributed by atoms with van der Waals surface area (Å²) in [6.07, 6.45) is 2.67. The first kappa shape index (κ1) is 25.2. The van der Waals surface area contributed by atoms with Crippen molar-refractivity contribution in [3.05, 3.63) is 81.7 Å². The zero-order chi connectivity index (χ0) is 25.2. The first-order chi connectivity index (χ1) is 15.9. The molecule has 8 heteroatoms. The average Bonchev–Trinajstić information content (AvgIpc) is 2.98. The highest BCUT2D eigenvalue weighted by Gasteiger charge is 2.21. The van der Waals surface area contributed by atoms with E-state index in [0.29, 0.717) is 5.69 Å². The summed E-state index contributed by atoms with van der Waals surface area (Å²) >= 11 is 0. The van der Waals surface area contributed by atoms with E-state index < -0.39 is 15.9 Å². The van der Waals surface area contributed by atoms with E-state index in [-0.39, 0.29) is 6.54 Å². The third-order valence-corrected chi connectivity index (χ3v) is 6.78. The number of carbonyl (C=O) groups excluding carboxylic acids is 1. The van der Waals surface area contributed by atoms with Gasteiger partial charge in [0.25, 0.3) is 5.91 Å². The van der Waals surface area contributed by atoms with Gasteiger partial charge in [-0.1, -0.05) is 23.8 Å². The molecule has 0 unspecified atom stereocenters. The molecular weight excluding hydrogens is 448 g/mol. The lowest BCUT2D eigenvalue weighted by atomic mass is 10.1. The molecule has 3 aromatic rings. The fourth-order valence-corrected chi connectivity index (χ4v) is 5.02. The monoisotopic (exact) mass is 480 g/mol. The Morgan fingerprint density at radius 2 is 1.62 bits per heavy atom. The largest absolute Gasteiger partial charge is 0.318 e. The summed E-state index contributed by atoms with van der Waals surface area (Å²) in [4.78, 5) is 12.6. The summed E-state index contributed by atoms with van der Waals surface area (Å²) < 4.78 is 28.0. The standard InChI is InChI=1S/C26H32N4O3S/c1-17-8-9-25(20(4)11-17)30-21(5)14-23(22(30)6)15-27-28-26(31)16-29(34(7,32)33)24-12-18(2)10-19(3)13-24/h8-15H,16H2,1-7H3,(H,28,31)/b27-15-. The van der Waals surface area contributed by atoms with Crippen molar-refractivity contribution >= 4 is 27.8 Å². The number of hydrogen-bond donors (Lipinski definition) is 1. The van der Waals surface area contributed by atoms with Crippen molar-refractivity contribution in [2.75, 3.05) is 17.1 Å². The lowest BCUT2D eigenvalue weighted by Crippen LogP contribution is -2.39. The van der Waals surface area contributed by atoms with Crippen LogP contribution >= 0.6 is 0 Å². The molecule has 0 radical (unpaired) electrons. The van der Waals surface area contributed by atoms with Gasteiger partial charge in [-0.3, -0.25) is 9.10 Å². The van der Waals surface area contributed by atoms with Crippen LogP contribution in [0.5, 0.6) is 0 Å². The zero-order valence-corrected chi connectivity index (χ0v) is 21.6. The number of amides is 1. The number of rotatable bonds is 7. The molecule has 0 aliphatic heterocycles. The lowest BCUT2D eigenvalue weighted by molar-refractivity contribution is -0.119. The second kappa shape index (κ2) is 9.85. The van der Waals surface area contributed by atoms with Crippen LogP contribution in [0.2, 0.25) is 0 Å². The highest BCUT2D eigenvalue weighted by atomic mass is 32.2. The summed E-state index contributed by atoms with van der Waals surface area (Å²) in [7, 11) is -3.65. The molecule has 3 rings (SSSR count). The molecule has 0 fully saturated rings. The van der Waals surface area contributed by atoms with Gasteiger partial charge in [-0.15, -0.1) is 0 Å². The Kier molecular flexibility index (Phi) is 7.31. The van der Waals surface area contributed by atoms with Crippen LogP contribution in [0.15, 0.2) is 47.6 Å². The molecule has 0 atom stereocenters.